The van der Waals surface area contributed by atoms with Crippen molar-refractivity contribution < 1.29 is 0 Å². The van der Waals surface area contributed by atoms with Crippen LogP contribution in [0.25, 0.3) is 0 Å². The first-order valence-corrected chi connectivity index (χ1v) is 8.28. The van der Waals surface area contributed by atoms with E-state index in [1.165, 1.54) is 48.0 Å². The number of nitrogens with zero attached hydrogens (tertiary/aromatic N) is 1. The Bertz CT molecular complexity index is 374. The third-order valence-corrected chi connectivity index (χ3v) is 4.59. The molecule has 17 heavy (non-hydrogen) atoms. The van der Waals surface area contributed by atoms with Crippen LogP contribution in [0.1, 0.15) is 38.2 Å². The molecule has 1 saturated carbocycles. The number of halogens is 2. The van der Waals surface area contributed by atoms with Crippen LogP contribution in [0.2, 0.25) is 0 Å². The molecule has 3 heteroatoms. The quantitative estimate of drug-likeness (QED) is 0.637. The van der Waals surface area contributed by atoms with Crippen LogP contribution in [-0.2, 0) is 5.33 Å². The Labute approximate surface area is 121 Å². The van der Waals surface area contributed by atoms with Crippen molar-refractivity contribution in [2.45, 2.75) is 44.0 Å². The van der Waals surface area contributed by atoms with Gasteiger partial charge in [0.05, 0.1) is 0 Å². The largest absolute Gasteiger partial charge is 0.369 e. The van der Waals surface area contributed by atoms with Crippen molar-refractivity contribution in [3.8, 4) is 0 Å². The lowest BCUT2D eigenvalue weighted by Crippen LogP contribution is -2.26. The lowest BCUT2D eigenvalue weighted by molar-refractivity contribution is 0.713. The molecule has 1 aliphatic rings. The Balaban J connectivity index is 2.14. The third-order valence-electron chi connectivity index (χ3n) is 3.25. The summed E-state index contributed by atoms with van der Waals surface area (Å²) in [5, 5.41) is 0.909. The maximum absolute atomic E-state index is 3.66. The maximum atomic E-state index is 3.66. The monoisotopic (exact) mass is 359 g/mol. The van der Waals surface area contributed by atoms with Gasteiger partial charge in [0.2, 0.25) is 0 Å². The number of anilines is 1. The number of rotatable bonds is 6. The minimum atomic E-state index is 0.795. The molecule has 1 fully saturated rings. The predicted molar refractivity (Wildman–Crippen MR) is 82.0 cm³/mol. The molecular formula is C14H19Br2N. The van der Waals surface area contributed by atoms with Crippen molar-refractivity contribution in [2.24, 2.45) is 0 Å². The van der Waals surface area contributed by atoms with Crippen molar-refractivity contribution in [1.82, 2.24) is 0 Å². The second-order valence-corrected chi connectivity index (χ2v) is 6.10. The summed E-state index contributed by atoms with van der Waals surface area (Å²) >= 11 is 7.17. The van der Waals surface area contributed by atoms with E-state index in [2.05, 4.69) is 61.9 Å². The van der Waals surface area contributed by atoms with E-state index in [1.54, 1.807) is 0 Å². The highest BCUT2D eigenvalue weighted by Gasteiger charge is 2.28. The van der Waals surface area contributed by atoms with E-state index in [4.69, 9.17) is 0 Å². The lowest BCUT2D eigenvalue weighted by atomic mass is 10.2. The van der Waals surface area contributed by atoms with Crippen molar-refractivity contribution in [2.75, 3.05) is 11.4 Å². The molecule has 0 amide bonds. The standard InChI is InChI=1S/C14H19Br2N/c1-2-3-8-17(12-6-7-12)13-5-4-11(10-15)14(16)9-13/h4-5,9,12H,2-3,6-8,10H2,1H3. The third kappa shape index (κ3) is 3.47. The number of hydrogen-bond donors (Lipinski definition) is 0. The Morgan fingerprint density at radius 3 is 2.65 bits per heavy atom. The smallest absolute Gasteiger partial charge is 0.0380 e. The molecule has 0 spiro atoms. The Morgan fingerprint density at radius 2 is 2.12 bits per heavy atom. The summed E-state index contributed by atoms with van der Waals surface area (Å²) in [6.07, 6.45) is 5.28. The summed E-state index contributed by atoms with van der Waals surface area (Å²) in [5.41, 5.74) is 2.69. The van der Waals surface area contributed by atoms with Gasteiger partial charge in [-0.25, -0.2) is 0 Å². The molecule has 0 aromatic heterocycles. The average molecular weight is 361 g/mol. The van der Waals surface area contributed by atoms with Crippen molar-refractivity contribution in [3.05, 3.63) is 28.2 Å². The number of benzene rings is 1. The normalized spacial score (nSPS) is 15.0. The van der Waals surface area contributed by atoms with Crippen LogP contribution in [0.3, 0.4) is 0 Å². The average Bonchev–Trinajstić information content (AvgIpc) is 3.14. The molecule has 0 N–H and O–H groups in total. The molecule has 1 aromatic rings. The van der Waals surface area contributed by atoms with Gasteiger partial charge in [-0.1, -0.05) is 51.3 Å². The fourth-order valence-electron chi connectivity index (χ4n) is 2.06. The van der Waals surface area contributed by atoms with E-state index in [0.29, 0.717) is 0 Å². The molecule has 0 heterocycles. The number of alkyl halides is 1. The summed E-state index contributed by atoms with van der Waals surface area (Å²) in [5.74, 6) is 0. The molecule has 94 valence electrons. The Kier molecular flexibility index (Phi) is 4.92. The van der Waals surface area contributed by atoms with Crippen molar-refractivity contribution in [3.63, 3.8) is 0 Å². The molecule has 0 bridgehead atoms. The molecule has 1 aromatic carbocycles. The van der Waals surface area contributed by atoms with Gasteiger partial charge in [0.1, 0.15) is 0 Å². The molecule has 1 aliphatic carbocycles. The number of hydrogen-bond acceptors (Lipinski definition) is 1. The first kappa shape index (κ1) is 13.4. The van der Waals surface area contributed by atoms with Crippen LogP contribution in [-0.4, -0.2) is 12.6 Å². The molecule has 1 nitrogen and oxygen atoms in total. The molecule has 0 atom stereocenters. The van der Waals surface area contributed by atoms with Crippen molar-refractivity contribution in [1.29, 1.82) is 0 Å². The van der Waals surface area contributed by atoms with Gasteiger partial charge in [-0.15, -0.1) is 0 Å². The zero-order valence-corrected chi connectivity index (χ0v) is 13.4. The minimum Gasteiger partial charge on any atom is -0.369 e. The SMILES string of the molecule is CCCCN(c1ccc(CBr)c(Br)c1)C1CC1. The topological polar surface area (TPSA) is 3.24 Å². The second kappa shape index (κ2) is 6.24. The zero-order valence-electron chi connectivity index (χ0n) is 10.3. The van der Waals surface area contributed by atoms with E-state index in [0.717, 1.165) is 11.4 Å². The highest BCUT2D eigenvalue weighted by molar-refractivity contribution is 9.10. The highest BCUT2D eigenvalue weighted by atomic mass is 79.9. The van der Waals surface area contributed by atoms with Crippen LogP contribution in [0.4, 0.5) is 5.69 Å². The molecular weight excluding hydrogens is 342 g/mol. The Hall–Kier alpha value is -0.0200. The van der Waals surface area contributed by atoms with Gasteiger partial charge in [-0.2, -0.15) is 0 Å². The summed E-state index contributed by atoms with van der Waals surface area (Å²) < 4.78 is 1.22. The van der Waals surface area contributed by atoms with Crippen LogP contribution >= 0.6 is 31.9 Å². The van der Waals surface area contributed by atoms with Gasteiger partial charge in [-0.3, -0.25) is 0 Å². The first-order valence-electron chi connectivity index (χ1n) is 6.37. The van der Waals surface area contributed by atoms with E-state index >= 15 is 0 Å². The van der Waals surface area contributed by atoms with E-state index in [9.17, 15) is 0 Å². The summed E-state index contributed by atoms with van der Waals surface area (Å²) in [4.78, 5) is 2.58. The molecule has 0 unspecified atom stereocenters. The molecule has 0 radical (unpaired) electrons. The van der Waals surface area contributed by atoms with Gasteiger partial charge in [0.15, 0.2) is 0 Å². The van der Waals surface area contributed by atoms with Gasteiger partial charge in [0, 0.05) is 28.1 Å². The fourth-order valence-corrected chi connectivity index (χ4v) is 3.43. The molecule has 2 rings (SSSR count). The van der Waals surface area contributed by atoms with E-state index < -0.39 is 0 Å². The van der Waals surface area contributed by atoms with Crippen LogP contribution in [0.15, 0.2) is 22.7 Å². The lowest BCUT2D eigenvalue weighted by Gasteiger charge is -2.25. The number of unbranched alkanes of at least 4 members (excludes halogenated alkanes) is 1. The van der Waals surface area contributed by atoms with Crippen LogP contribution in [0, 0.1) is 0 Å². The second-order valence-electron chi connectivity index (χ2n) is 4.69. The van der Waals surface area contributed by atoms with Gasteiger partial charge >= 0.3 is 0 Å². The van der Waals surface area contributed by atoms with Crippen LogP contribution in [0.5, 0.6) is 0 Å². The molecule has 0 saturated heterocycles. The fraction of sp³-hybridized carbons (Fsp3) is 0.571. The van der Waals surface area contributed by atoms with E-state index in [-0.39, 0.29) is 0 Å². The zero-order chi connectivity index (χ0) is 12.3. The van der Waals surface area contributed by atoms with Gasteiger partial charge in [-0.05, 0) is 37.0 Å². The summed E-state index contributed by atoms with van der Waals surface area (Å²) in [6, 6.07) is 7.54. The first-order chi connectivity index (χ1) is 8.26. The van der Waals surface area contributed by atoms with Crippen molar-refractivity contribution >= 4 is 37.5 Å². The molecule has 0 aliphatic heterocycles. The van der Waals surface area contributed by atoms with E-state index in [1.807, 2.05) is 0 Å². The van der Waals surface area contributed by atoms with Gasteiger partial charge in [0.25, 0.3) is 0 Å². The van der Waals surface area contributed by atoms with Crippen LogP contribution < -0.4 is 4.90 Å². The maximum Gasteiger partial charge on any atom is 0.0380 e. The highest BCUT2D eigenvalue weighted by Crippen LogP contribution is 2.34. The minimum absolute atomic E-state index is 0.795. The van der Waals surface area contributed by atoms with Gasteiger partial charge < -0.3 is 4.90 Å². The summed E-state index contributed by atoms with van der Waals surface area (Å²) in [7, 11) is 0. The summed E-state index contributed by atoms with van der Waals surface area (Å²) in [6.45, 7) is 3.45. The Morgan fingerprint density at radius 1 is 1.35 bits per heavy atom. The predicted octanol–water partition coefficient (Wildman–Crippen LogP) is 5.11.